The van der Waals surface area contributed by atoms with Crippen molar-refractivity contribution in [2.24, 2.45) is 5.92 Å². The molecule has 0 radical (unpaired) electrons. The predicted molar refractivity (Wildman–Crippen MR) is 126 cm³/mol. The van der Waals surface area contributed by atoms with Gasteiger partial charge in [0.1, 0.15) is 6.04 Å². The third-order valence-corrected chi connectivity index (χ3v) is 7.14. The smallest absolute Gasteiger partial charge is 0.301 e. The number of alkyl halides is 3. The molecule has 0 saturated carbocycles. The highest BCUT2D eigenvalue weighted by Crippen LogP contribution is 2.32. The van der Waals surface area contributed by atoms with Crippen LogP contribution in [0.3, 0.4) is 0 Å². The van der Waals surface area contributed by atoms with E-state index in [9.17, 15) is 26.4 Å². The number of hydrogen-bond donors (Lipinski definition) is 2. The molecule has 3 aromatic rings. The van der Waals surface area contributed by atoms with E-state index in [1.165, 1.54) is 24.3 Å². The summed E-state index contributed by atoms with van der Waals surface area (Å²) in [4.78, 5) is 17.2. The number of hydrogen-bond acceptors (Lipinski definition) is 5. The average molecular weight is 512 g/mol. The Morgan fingerprint density at radius 2 is 1.68 bits per heavy atom. The topological polar surface area (TPSA) is 88.2 Å². The molecule has 1 amide bonds. The minimum absolute atomic E-state index is 0.0236. The quantitative estimate of drug-likeness (QED) is 0.420. The zero-order valence-electron chi connectivity index (χ0n) is 18.7. The summed E-state index contributed by atoms with van der Waals surface area (Å²) in [5.74, 6) is -0.548. The maximum Gasteiger partial charge on any atom is 0.416 e. The van der Waals surface area contributed by atoms with E-state index in [-0.39, 0.29) is 22.4 Å². The van der Waals surface area contributed by atoms with Gasteiger partial charge in [0.15, 0.2) is 5.13 Å². The molecule has 3 rings (SSSR count). The number of benzene rings is 2. The van der Waals surface area contributed by atoms with Crippen molar-refractivity contribution in [2.45, 2.75) is 44.3 Å². The number of halogens is 3. The van der Waals surface area contributed by atoms with Gasteiger partial charge in [-0.25, -0.2) is 13.4 Å². The molecule has 0 saturated heterocycles. The van der Waals surface area contributed by atoms with Crippen LogP contribution in [0.1, 0.15) is 31.4 Å². The van der Waals surface area contributed by atoms with E-state index in [1.54, 1.807) is 17.5 Å². The maximum atomic E-state index is 12.9. The fourth-order valence-corrected chi connectivity index (χ4v) is 5.07. The number of rotatable bonds is 8. The van der Waals surface area contributed by atoms with Gasteiger partial charge in [-0.3, -0.25) is 4.79 Å². The summed E-state index contributed by atoms with van der Waals surface area (Å²) in [6.45, 7) is 5.57. The number of aryl methyl sites for hydroxylation is 1. The largest absolute Gasteiger partial charge is 0.416 e. The van der Waals surface area contributed by atoms with E-state index in [1.807, 2.05) is 20.8 Å². The number of nitrogens with one attached hydrogen (secondary N) is 2. The molecular formula is C23H24F3N3O3S2. The van der Waals surface area contributed by atoms with E-state index < -0.39 is 33.7 Å². The molecule has 0 unspecified atom stereocenters. The van der Waals surface area contributed by atoms with E-state index in [0.29, 0.717) is 11.3 Å². The van der Waals surface area contributed by atoms with Crippen LogP contribution in [0, 0.1) is 12.8 Å². The van der Waals surface area contributed by atoms with E-state index in [4.69, 9.17) is 0 Å². The van der Waals surface area contributed by atoms with Gasteiger partial charge < -0.3 is 5.32 Å². The zero-order chi connectivity index (χ0) is 25.1. The van der Waals surface area contributed by atoms with Gasteiger partial charge in [-0.05, 0) is 43.5 Å². The molecule has 182 valence electrons. The van der Waals surface area contributed by atoms with E-state index >= 15 is 0 Å². The molecule has 0 bridgehead atoms. The lowest BCUT2D eigenvalue weighted by Crippen LogP contribution is -2.44. The Morgan fingerprint density at radius 3 is 2.24 bits per heavy atom. The Bertz CT molecular complexity index is 1240. The summed E-state index contributed by atoms with van der Waals surface area (Å²) in [5, 5.41) is 4.43. The van der Waals surface area contributed by atoms with Crippen LogP contribution in [0.2, 0.25) is 0 Å². The second-order valence-electron chi connectivity index (χ2n) is 8.22. The van der Waals surface area contributed by atoms with Gasteiger partial charge in [0.2, 0.25) is 15.9 Å². The second-order valence-corrected chi connectivity index (χ2v) is 10.8. The number of carbonyl (C=O) groups excluding carboxylic acids is 1. The van der Waals surface area contributed by atoms with Crippen molar-refractivity contribution in [2.75, 3.05) is 5.32 Å². The van der Waals surface area contributed by atoms with Crippen LogP contribution in [-0.2, 0) is 21.0 Å². The number of carbonyl (C=O) groups is 1. The molecule has 2 N–H and O–H groups in total. The molecule has 1 aromatic heterocycles. The number of nitrogens with zero attached hydrogens (tertiary/aromatic N) is 1. The summed E-state index contributed by atoms with van der Waals surface area (Å²) in [5.41, 5.74) is 0.999. The first-order valence-corrected chi connectivity index (χ1v) is 12.7. The predicted octanol–water partition coefficient (Wildman–Crippen LogP) is 5.47. The Morgan fingerprint density at radius 1 is 1.06 bits per heavy atom. The van der Waals surface area contributed by atoms with Crippen molar-refractivity contribution in [3.63, 3.8) is 0 Å². The maximum absolute atomic E-state index is 12.9. The molecule has 6 nitrogen and oxygen atoms in total. The van der Waals surface area contributed by atoms with Gasteiger partial charge in [0, 0.05) is 10.9 Å². The second kappa shape index (κ2) is 10.2. The number of amides is 1. The summed E-state index contributed by atoms with van der Waals surface area (Å²) in [6, 6.07) is 9.79. The Labute approximate surface area is 200 Å². The van der Waals surface area contributed by atoms with Gasteiger partial charge in [-0.2, -0.15) is 17.9 Å². The van der Waals surface area contributed by atoms with Crippen LogP contribution >= 0.6 is 11.3 Å². The molecule has 0 fully saturated rings. The molecule has 0 aliphatic heterocycles. The highest BCUT2D eigenvalue weighted by Gasteiger charge is 2.30. The van der Waals surface area contributed by atoms with Crippen molar-refractivity contribution < 1.29 is 26.4 Å². The summed E-state index contributed by atoms with van der Waals surface area (Å²) in [6.07, 6.45) is -4.18. The molecule has 0 spiro atoms. The van der Waals surface area contributed by atoms with Gasteiger partial charge in [-0.1, -0.05) is 43.7 Å². The SMILES string of the molecule is Cc1ccc(S(=O)(=O)N[C@@H](CC(C)C)C(=O)Nc2nc(-c3ccc(C(F)(F)F)cc3)cs2)cc1. The van der Waals surface area contributed by atoms with E-state index in [0.717, 1.165) is 29.0 Å². The third kappa shape index (κ3) is 6.64. The molecule has 34 heavy (non-hydrogen) atoms. The summed E-state index contributed by atoms with van der Waals surface area (Å²) in [7, 11) is -3.93. The Kier molecular flexibility index (Phi) is 7.79. The molecular weight excluding hydrogens is 487 g/mol. The van der Waals surface area contributed by atoms with Crippen molar-refractivity contribution in [1.82, 2.24) is 9.71 Å². The van der Waals surface area contributed by atoms with Gasteiger partial charge in [-0.15, -0.1) is 11.3 Å². The Hall–Kier alpha value is -2.76. The van der Waals surface area contributed by atoms with Gasteiger partial charge >= 0.3 is 6.18 Å². The number of sulfonamides is 1. The van der Waals surface area contributed by atoms with Crippen LogP contribution in [0.25, 0.3) is 11.3 Å². The molecule has 0 aliphatic carbocycles. The first-order valence-electron chi connectivity index (χ1n) is 10.4. The lowest BCUT2D eigenvalue weighted by atomic mass is 10.0. The standard InChI is InChI=1S/C23H24F3N3O3S2/c1-14(2)12-19(29-34(31,32)18-10-4-15(3)5-11-18)21(30)28-22-27-20(13-33-22)16-6-8-17(9-7-16)23(24,25)26/h4-11,13-14,19,29H,12H2,1-3H3,(H,27,28,30)/t19-/m0/s1. The monoisotopic (exact) mass is 511 g/mol. The summed E-state index contributed by atoms with van der Waals surface area (Å²) >= 11 is 1.09. The van der Waals surface area contributed by atoms with Crippen molar-refractivity contribution in [3.8, 4) is 11.3 Å². The lowest BCUT2D eigenvalue weighted by molar-refractivity contribution is -0.137. The summed E-state index contributed by atoms with van der Waals surface area (Å²) < 4.78 is 66.4. The van der Waals surface area contributed by atoms with Crippen LogP contribution in [-0.4, -0.2) is 25.4 Å². The third-order valence-electron chi connectivity index (χ3n) is 4.89. The minimum Gasteiger partial charge on any atom is -0.301 e. The minimum atomic E-state index is -4.43. The molecule has 0 aliphatic rings. The average Bonchev–Trinajstić information content (AvgIpc) is 3.21. The van der Waals surface area contributed by atoms with Crippen molar-refractivity contribution in [3.05, 3.63) is 65.0 Å². The lowest BCUT2D eigenvalue weighted by Gasteiger charge is -2.19. The fourth-order valence-electron chi connectivity index (χ4n) is 3.14. The van der Waals surface area contributed by atoms with Gasteiger partial charge in [0.25, 0.3) is 0 Å². The molecule has 1 heterocycles. The normalized spacial score (nSPS) is 13.1. The zero-order valence-corrected chi connectivity index (χ0v) is 20.3. The highest BCUT2D eigenvalue weighted by atomic mass is 32.2. The van der Waals surface area contributed by atoms with Crippen LogP contribution < -0.4 is 10.0 Å². The number of thiazole rings is 1. The first kappa shape index (κ1) is 25.9. The van der Waals surface area contributed by atoms with Gasteiger partial charge in [0.05, 0.1) is 16.2 Å². The van der Waals surface area contributed by atoms with Crippen LogP contribution in [0.5, 0.6) is 0 Å². The van der Waals surface area contributed by atoms with Crippen LogP contribution in [0.4, 0.5) is 18.3 Å². The number of aromatic nitrogens is 1. The Balaban J connectivity index is 1.75. The van der Waals surface area contributed by atoms with Crippen molar-refractivity contribution >= 4 is 32.4 Å². The highest BCUT2D eigenvalue weighted by molar-refractivity contribution is 7.89. The van der Waals surface area contributed by atoms with E-state index in [2.05, 4.69) is 15.0 Å². The molecule has 11 heteroatoms. The van der Waals surface area contributed by atoms with Crippen LogP contribution in [0.15, 0.2) is 58.8 Å². The fraction of sp³-hybridized carbons (Fsp3) is 0.304. The van der Waals surface area contributed by atoms with Crippen molar-refractivity contribution in [1.29, 1.82) is 0 Å². The number of anilines is 1. The molecule has 2 aromatic carbocycles. The molecule has 1 atom stereocenters. The first-order chi connectivity index (χ1) is 15.8.